The fraction of sp³-hybridized carbons (Fsp3) is 0. The van der Waals surface area contributed by atoms with E-state index in [-0.39, 0.29) is 0 Å². The summed E-state index contributed by atoms with van der Waals surface area (Å²) in [5.74, 6) is 0.861. The lowest BCUT2D eigenvalue weighted by Crippen LogP contribution is -2.02. The van der Waals surface area contributed by atoms with Crippen LogP contribution in [-0.2, 0) is 0 Å². The van der Waals surface area contributed by atoms with Gasteiger partial charge in [0, 0.05) is 26.4 Å². The molecule has 0 saturated heterocycles. The van der Waals surface area contributed by atoms with Crippen molar-refractivity contribution in [3.8, 4) is 0 Å². The Kier molecular flexibility index (Phi) is 4.81. The van der Waals surface area contributed by atoms with Gasteiger partial charge in [-0.05, 0) is 42.5 Å². The summed E-state index contributed by atoms with van der Waals surface area (Å²) in [6, 6.07) is 12.3. The van der Waals surface area contributed by atoms with Crippen molar-refractivity contribution in [1.82, 2.24) is 15.2 Å². The summed E-state index contributed by atoms with van der Waals surface area (Å²) in [7, 11) is 0. The predicted octanol–water partition coefficient (Wildman–Crippen LogP) is 5.32. The Bertz CT molecular complexity index is 803. The molecule has 3 rings (SSSR count). The highest BCUT2D eigenvalue weighted by Crippen LogP contribution is 2.24. The van der Waals surface area contributed by atoms with Gasteiger partial charge in [0.25, 0.3) is 0 Å². The van der Waals surface area contributed by atoms with Gasteiger partial charge in [-0.1, -0.05) is 34.8 Å². The number of nitrogens with zero attached hydrogens (tertiary/aromatic N) is 3. The molecule has 0 amide bonds. The zero-order valence-corrected chi connectivity index (χ0v) is 13.9. The van der Waals surface area contributed by atoms with Crippen LogP contribution < -0.4 is 10.6 Å². The summed E-state index contributed by atoms with van der Waals surface area (Å²) in [5, 5.41) is 15.7. The van der Waals surface area contributed by atoms with Gasteiger partial charge < -0.3 is 10.6 Å². The number of benzene rings is 2. The topological polar surface area (TPSA) is 62.7 Å². The van der Waals surface area contributed by atoms with Crippen LogP contribution in [0.5, 0.6) is 0 Å². The van der Waals surface area contributed by atoms with E-state index in [0.717, 1.165) is 5.69 Å². The normalized spacial score (nSPS) is 10.4. The fourth-order valence-electron chi connectivity index (χ4n) is 1.85. The van der Waals surface area contributed by atoms with Crippen LogP contribution in [0.1, 0.15) is 0 Å². The zero-order valence-electron chi connectivity index (χ0n) is 11.6. The Morgan fingerprint density at radius 3 is 2.13 bits per heavy atom. The van der Waals surface area contributed by atoms with E-state index < -0.39 is 0 Å². The van der Waals surface area contributed by atoms with Crippen LogP contribution in [0, 0.1) is 0 Å². The van der Waals surface area contributed by atoms with Crippen molar-refractivity contribution >= 4 is 57.9 Å². The molecule has 0 bridgehead atoms. The lowest BCUT2D eigenvalue weighted by molar-refractivity contribution is 0.982. The van der Waals surface area contributed by atoms with Gasteiger partial charge in [-0.15, -0.1) is 5.10 Å². The van der Waals surface area contributed by atoms with E-state index in [0.29, 0.717) is 32.5 Å². The van der Waals surface area contributed by atoms with E-state index in [2.05, 4.69) is 25.8 Å². The molecule has 2 N–H and O–H groups in total. The van der Waals surface area contributed by atoms with Crippen molar-refractivity contribution < 1.29 is 0 Å². The number of nitrogens with one attached hydrogen (secondary N) is 2. The van der Waals surface area contributed by atoms with Gasteiger partial charge in [-0.2, -0.15) is 10.1 Å². The molecule has 0 atom stereocenters. The molecule has 0 spiro atoms. The van der Waals surface area contributed by atoms with Crippen LogP contribution in [0.25, 0.3) is 0 Å². The molecule has 2 aromatic carbocycles. The number of hydrogen-bond acceptors (Lipinski definition) is 5. The fourth-order valence-corrected chi connectivity index (χ4v) is 2.50. The molecule has 0 unspecified atom stereocenters. The van der Waals surface area contributed by atoms with Crippen LogP contribution in [0.15, 0.2) is 48.7 Å². The van der Waals surface area contributed by atoms with Crippen LogP contribution in [0.2, 0.25) is 15.1 Å². The maximum Gasteiger partial charge on any atom is 0.249 e. The van der Waals surface area contributed by atoms with Crippen LogP contribution in [-0.4, -0.2) is 15.2 Å². The summed E-state index contributed by atoms with van der Waals surface area (Å²) in [4.78, 5) is 4.33. The van der Waals surface area contributed by atoms with Crippen molar-refractivity contribution in [1.29, 1.82) is 0 Å². The van der Waals surface area contributed by atoms with E-state index in [1.807, 2.05) is 12.1 Å². The van der Waals surface area contributed by atoms with Gasteiger partial charge in [0.05, 0.1) is 6.20 Å². The molecule has 0 saturated carbocycles. The van der Waals surface area contributed by atoms with Crippen molar-refractivity contribution in [2.45, 2.75) is 0 Å². The number of halogens is 3. The first-order valence-electron chi connectivity index (χ1n) is 6.54. The molecule has 3 aromatic rings. The van der Waals surface area contributed by atoms with E-state index >= 15 is 0 Å². The van der Waals surface area contributed by atoms with Crippen molar-refractivity contribution in [2.75, 3.05) is 10.6 Å². The minimum absolute atomic E-state index is 0.322. The Balaban J connectivity index is 1.78. The van der Waals surface area contributed by atoms with Crippen LogP contribution in [0.3, 0.4) is 0 Å². The van der Waals surface area contributed by atoms with Crippen molar-refractivity contribution in [3.63, 3.8) is 0 Å². The van der Waals surface area contributed by atoms with Gasteiger partial charge in [-0.3, -0.25) is 0 Å². The quantitative estimate of drug-likeness (QED) is 0.654. The Morgan fingerprint density at radius 1 is 0.739 bits per heavy atom. The lowest BCUT2D eigenvalue weighted by atomic mass is 10.3. The second-order valence-corrected chi connectivity index (χ2v) is 5.89. The number of rotatable bonds is 4. The van der Waals surface area contributed by atoms with E-state index in [1.54, 1.807) is 30.3 Å². The Hall–Kier alpha value is -2.08. The van der Waals surface area contributed by atoms with E-state index in [9.17, 15) is 0 Å². The van der Waals surface area contributed by atoms with Gasteiger partial charge in [0.2, 0.25) is 5.95 Å². The molecule has 23 heavy (non-hydrogen) atoms. The molecule has 1 aromatic heterocycles. The third kappa shape index (κ3) is 4.45. The first kappa shape index (κ1) is 15.8. The maximum atomic E-state index is 5.96. The standard InChI is InChI=1S/C15H10Cl3N5/c16-9-1-3-12(4-2-9)20-14-8-19-23-15(22-14)21-13-6-10(17)5-11(18)7-13/h1-8H,(H2,20,21,22,23). The highest BCUT2D eigenvalue weighted by atomic mass is 35.5. The molecular weight excluding hydrogens is 357 g/mol. The maximum absolute atomic E-state index is 5.96. The lowest BCUT2D eigenvalue weighted by Gasteiger charge is -2.08. The molecule has 0 aliphatic carbocycles. The van der Waals surface area contributed by atoms with E-state index in [1.165, 1.54) is 6.20 Å². The highest BCUT2D eigenvalue weighted by Gasteiger charge is 2.04. The molecule has 0 aliphatic rings. The predicted molar refractivity (Wildman–Crippen MR) is 94.3 cm³/mol. The van der Waals surface area contributed by atoms with Gasteiger partial charge >= 0.3 is 0 Å². The number of hydrogen-bond donors (Lipinski definition) is 2. The third-order valence-electron chi connectivity index (χ3n) is 2.79. The Morgan fingerprint density at radius 2 is 1.43 bits per heavy atom. The van der Waals surface area contributed by atoms with Crippen molar-refractivity contribution in [2.24, 2.45) is 0 Å². The first-order valence-corrected chi connectivity index (χ1v) is 7.67. The molecule has 0 aliphatic heterocycles. The summed E-state index contributed by atoms with van der Waals surface area (Å²) >= 11 is 17.8. The minimum atomic E-state index is 0.322. The van der Waals surface area contributed by atoms with Crippen molar-refractivity contribution in [3.05, 3.63) is 63.7 Å². The Labute approximate surface area is 147 Å². The second-order valence-electron chi connectivity index (χ2n) is 4.58. The smallest absolute Gasteiger partial charge is 0.249 e. The average Bonchev–Trinajstić information content (AvgIpc) is 2.49. The second kappa shape index (κ2) is 7.00. The molecule has 1 heterocycles. The molecule has 0 fully saturated rings. The number of aromatic nitrogens is 3. The molecular formula is C15H10Cl3N5. The summed E-state index contributed by atoms with van der Waals surface area (Å²) in [6.07, 6.45) is 1.52. The summed E-state index contributed by atoms with van der Waals surface area (Å²) in [6.45, 7) is 0. The van der Waals surface area contributed by atoms with Gasteiger partial charge in [0.15, 0.2) is 5.82 Å². The minimum Gasteiger partial charge on any atom is -0.339 e. The third-order valence-corrected chi connectivity index (χ3v) is 3.48. The molecule has 8 heteroatoms. The monoisotopic (exact) mass is 365 g/mol. The summed E-state index contributed by atoms with van der Waals surface area (Å²) < 4.78 is 0. The first-order chi connectivity index (χ1) is 11.1. The van der Waals surface area contributed by atoms with Crippen LogP contribution in [0.4, 0.5) is 23.1 Å². The molecule has 116 valence electrons. The largest absolute Gasteiger partial charge is 0.339 e. The molecule has 0 radical (unpaired) electrons. The van der Waals surface area contributed by atoms with E-state index in [4.69, 9.17) is 34.8 Å². The highest BCUT2D eigenvalue weighted by molar-refractivity contribution is 6.35. The SMILES string of the molecule is Clc1ccc(Nc2cnnc(Nc3cc(Cl)cc(Cl)c3)n2)cc1. The van der Waals surface area contributed by atoms with Crippen LogP contribution >= 0.6 is 34.8 Å². The van der Waals surface area contributed by atoms with Gasteiger partial charge in [-0.25, -0.2) is 0 Å². The molecule has 5 nitrogen and oxygen atoms in total. The number of anilines is 4. The van der Waals surface area contributed by atoms with Gasteiger partial charge in [0.1, 0.15) is 0 Å². The summed E-state index contributed by atoms with van der Waals surface area (Å²) in [5.41, 5.74) is 1.51. The average molecular weight is 367 g/mol. The zero-order chi connectivity index (χ0) is 16.2.